The largest absolute Gasteiger partial charge is 0.507 e. The molecular formula is C44H54N8O4. The topological polar surface area (TPSA) is 137 Å². The van der Waals surface area contributed by atoms with Gasteiger partial charge in [-0.15, -0.1) is 0 Å². The number of likely N-dealkylation sites (N-methyl/N-ethyl adjacent to an activating group) is 1. The number of pyridine rings is 1. The number of carbonyl (C=O) groups is 2. The summed E-state index contributed by atoms with van der Waals surface area (Å²) in [6.07, 6.45) is 4.34. The van der Waals surface area contributed by atoms with E-state index in [2.05, 4.69) is 63.9 Å². The summed E-state index contributed by atoms with van der Waals surface area (Å²) in [6.45, 7) is 13.7. The summed E-state index contributed by atoms with van der Waals surface area (Å²) >= 11 is 0. The molecule has 0 unspecified atom stereocenters. The van der Waals surface area contributed by atoms with Crippen LogP contribution in [-0.2, 0) is 37.3 Å². The van der Waals surface area contributed by atoms with Crippen molar-refractivity contribution >= 4 is 28.5 Å². The molecule has 2 fully saturated rings. The molecule has 0 saturated carbocycles. The molecule has 56 heavy (non-hydrogen) atoms. The molecular weight excluding hydrogens is 705 g/mol. The van der Waals surface area contributed by atoms with E-state index in [1.807, 2.05) is 42.1 Å². The monoisotopic (exact) mass is 758 g/mol. The Labute approximate surface area is 329 Å². The van der Waals surface area contributed by atoms with Crippen LogP contribution in [0.5, 0.6) is 5.75 Å². The maximum absolute atomic E-state index is 13.7. The number of rotatable bonds is 13. The van der Waals surface area contributed by atoms with Crippen LogP contribution in [0.4, 0.5) is 5.69 Å². The number of phenols is 1. The van der Waals surface area contributed by atoms with Crippen LogP contribution in [0.2, 0.25) is 0 Å². The van der Waals surface area contributed by atoms with Crippen LogP contribution in [0.1, 0.15) is 75.4 Å². The van der Waals surface area contributed by atoms with Gasteiger partial charge in [-0.05, 0) is 98.8 Å². The first-order valence-corrected chi connectivity index (χ1v) is 19.9. The highest BCUT2D eigenvalue weighted by molar-refractivity contribution is 6.00. The number of hydrogen-bond acceptors (Lipinski definition) is 9. The molecule has 4 heterocycles. The Morgan fingerprint density at radius 3 is 2.34 bits per heavy atom. The van der Waals surface area contributed by atoms with E-state index in [0.717, 1.165) is 95.8 Å². The standard InChI is InChI=1S/C44H54N8O4/c1-5-39-37(41(48-35-12-18-56-19-13-35)38-27-47-52(6-2)42(38)49-39)26-46-44(55)34-21-29(3)20-33(24-34)43(54)45-25-30-10-11-40(53)36(23-30)32-9-7-8-31(22-32)28-51-16-14-50(4)15-17-51/h7-11,20-24,27,35,53H,5-6,12-19,25-26,28H2,1-4H3,(H,45,54)(H,46,55)(H,48,49). The van der Waals surface area contributed by atoms with Crippen LogP contribution in [0, 0.1) is 6.92 Å². The second-order valence-electron chi connectivity index (χ2n) is 15.1. The first-order chi connectivity index (χ1) is 27.2. The molecule has 0 radical (unpaired) electrons. The number of aryl methyl sites for hydroxylation is 3. The normalized spacial score (nSPS) is 15.6. The second kappa shape index (κ2) is 17.7. The Bertz CT molecular complexity index is 2190. The summed E-state index contributed by atoms with van der Waals surface area (Å²) in [5.41, 5.74) is 8.95. The summed E-state index contributed by atoms with van der Waals surface area (Å²) in [6, 6.07) is 19.2. The van der Waals surface area contributed by atoms with Gasteiger partial charge >= 0.3 is 0 Å². The van der Waals surface area contributed by atoms with Crippen LogP contribution < -0.4 is 16.0 Å². The number of piperazine rings is 1. The van der Waals surface area contributed by atoms with Crippen molar-refractivity contribution < 1.29 is 19.4 Å². The van der Waals surface area contributed by atoms with Crippen molar-refractivity contribution in [3.05, 3.63) is 106 Å². The molecule has 7 rings (SSSR count). The predicted molar refractivity (Wildman–Crippen MR) is 220 cm³/mol. The van der Waals surface area contributed by atoms with Crippen LogP contribution >= 0.6 is 0 Å². The Balaban J connectivity index is 1.03. The number of fused-ring (bicyclic) bond motifs is 1. The Kier molecular flexibility index (Phi) is 12.3. The van der Waals surface area contributed by atoms with E-state index in [9.17, 15) is 14.7 Å². The van der Waals surface area contributed by atoms with E-state index < -0.39 is 0 Å². The molecule has 0 atom stereocenters. The van der Waals surface area contributed by atoms with Gasteiger partial charge < -0.3 is 30.7 Å². The van der Waals surface area contributed by atoms with Crippen molar-refractivity contribution in [2.75, 3.05) is 51.8 Å². The van der Waals surface area contributed by atoms with Gasteiger partial charge in [0, 0.05) is 99.6 Å². The summed E-state index contributed by atoms with van der Waals surface area (Å²) in [5, 5.41) is 26.3. The van der Waals surface area contributed by atoms with Crippen molar-refractivity contribution in [2.45, 2.75) is 72.3 Å². The number of nitrogens with zero attached hydrogens (tertiary/aromatic N) is 5. The molecule has 2 saturated heterocycles. The van der Waals surface area contributed by atoms with Crippen LogP contribution in [0.25, 0.3) is 22.2 Å². The molecule has 12 heteroatoms. The molecule has 4 N–H and O–H groups in total. The third-order valence-electron chi connectivity index (χ3n) is 11.0. The van der Waals surface area contributed by atoms with Gasteiger partial charge in [0.15, 0.2) is 5.65 Å². The first kappa shape index (κ1) is 39.0. The number of hydrogen-bond donors (Lipinski definition) is 4. The Morgan fingerprint density at radius 2 is 1.62 bits per heavy atom. The maximum Gasteiger partial charge on any atom is 0.251 e. The fraction of sp³-hybridized carbons (Fsp3) is 0.409. The highest BCUT2D eigenvalue weighted by Gasteiger charge is 2.23. The Morgan fingerprint density at radius 1 is 0.893 bits per heavy atom. The van der Waals surface area contributed by atoms with Gasteiger partial charge in [0.1, 0.15) is 5.75 Å². The minimum absolute atomic E-state index is 0.190. The Hall–Kier alpha value is -5.30. The number of phenolic OH excluding ortho intramolecular Hbond substituents is 1. The van der Waals surface area contributed by atoms with Crippen molar-refractivity contribution in [2.24, 2.45) is 0 Å². The summed E-state index contributed by atoms with van der Waals surface area (Å²) < 4.78 is 7.51. The van der Waals surface area contributed by atoms with E-state index >= 15 is 0 Å². The molecule has 2 amide bonds. The summed E-state index contributed by atoms with van der Waals surface area (Å²) in [5.74, 6) is -0.370. The molecule has 0 bridgehead atoms. The van der Waals surface area contributed by atoms with Gasteiger partial charge in [-0.3, -0.25) is 14.5 Å². The number of anilines is 1. The second-order valence-corrected chi connectivity index (χ2v) is 15.1. The van der Waals surface area contributed by atoms with Gasteiger partial charge in [-0.1, -0.05) is 31.2 Å². The lowest BCUT2D eigenvalue weighted by atomic mass is 9.99. The molecule has 12 nitrogen and oxygen atoms in total. The zero-order valence-electron chi connectivity index (χ0n) is 33.0. The highest BCUT2D eigenvalue weighted by Crippen LogP contribution is 2.33. The average molecular weight is 759 g/mol. The van der Waals surface area contributed by atoms with Crippen molar-refractivity contribution in [1.29, 1.82) is 0 Å². The third-order valence-corrected chi connectivity index (χ3v) is 11.0. The number of ether oxygens (including phenoxy) is 1. The van der Waals surface area contributed by atoms with Crippen molar-refractivity contribution in [1.82, 2.24) is 35.2 Å². The van der Waals surface area contributed by atoms with E-state index in [1.165, 1.54) is 5.56 Å². The smallest absolute Gasteiger partial charge is 0.251 e. The van der Waals surface area contributed by atoms with Crippen LogP contribution in [0.3, 0.4) is 0 Å². The number of carbonyl (C=O) groups excluding carboxylic acids is 2. The lowest BCUT2D eigenvalue weighted by molar-refractivity contribution is 0.0904. The van der Waals surface area contributed by atoms with Gasteiger partial charge in [0.05, 0.1) is 17.3 Å². The first-order valence-electron chi connectivity index (χ1n) is 19.9. The molecule has 3 aromatic carbocycles. The molecule has 5 aromatic rings. The van der Waals surface area contributed by atoms with E-state index in [0.29, 0.717) is 37.3 Å². The predicted octanol–water partition coefficient (Wildman–Crippen LogP) is 5.89. The number of aromatic nitrogens is 3. The van der Waals surface area contributed by atoms with Gasteiger partial charge in [0.2, 0.25) is 0 Å². The highest BCUT2D eigenvalue weighted by atomic mass is 16.5. The molecule has 2 aromatic heterocycles. The van der Waals surface area contributed by atoms with Crippen molar-refractivity contribution in [3.8, 4) is 16.9 Å². The molecule has 2 aliphatic rings. The van der Waals surface area contributed by atoms with E-state index in [4.69, 9.17) is 9.72 Å². The average Bonchev–Trinajstić information content (AvgIpc) is 3.63. The third kappa shape index (κ3) is 9.04. The lowest BCUT2D eigenvalue weighted by Crippen LogP contribution is -2.43. The quantitative estimate of drug-likeness (QED) is 0.116. The van der Waals surface area contributed by atoms with Gasteiger partial charge in [0.25, 0.3) is 11.8 Å². The number of aromatic hydroxyl groups is 1. The fourth-order valence-electron chi connectivity index (χ4n) is 7.73. The summed E-state index contributed by atoms with van der Waals surface area (Å²) in [4.78, 5) is 37.1. The lowest BCUT2D eigenvalue weighted by Gasteiger charge is -2.32. The molecule has 0 spiro atoms. The number of nitrogens with one attached hydrogen (secondary N) is 3. The SMILES string of the molecule is CCc1nc2c(cnn2CC)c(NC2CCOCC2)c1CNC(=O)c1cc(C)cc(C(=O)NCc2ccc(O)c(-c3cccc(CN4CCN(C)CC4)c3)c2)c1. The zero-order chi connectivity index (χ0) is 39.2. The summed E-state index contributed by atoms with van der Waals surface area (Å²) in [7, 11) is 2.16. The van der Waals surface area contributed by atoms with Gasteiger partial charge in [-0.25, -0.2) is 9.67 Å². The minimum Gasteiger partial charge on any atom is -0.507 e. The number of benzene rings is 3. The van der Waals surface area contributed by atoms with Crippen LogP contribution in [0.15, 0.2) is 66.9 Å². The van der Waals surface area contributed by atoms with E-state index in [1.54, 1.807) is 24.3 Å². The van der Waals surface area contributed by atoms with Crippen molar-refractivity contribution in [3.63, 3.8) is 0 Å². The molecule has 0 aliphatic carbocycles. The zero-order valence-corrected chi connectivity index (χ0v) is 33.0. The van der Waals surface area contributed by atoms with E-state index in [-0.39, 0.29) is 36.7 Å². The maximum atomic E-state index is 13.7. The number of amides is 2. The molecule has 2 aliphatic heterocycles. The van der Waals surface area contributed by atoms with Gasteiger partial charge in [-0.2, -0.15) is 5.10 Å². The minimum atomic E-state index is -0.287. The van der Waals surface area contributed by atoms with Crippen LogP contribution in [-0.4, -0.2) is 94.0 Å². The fourth-order valence-corrected chi connectivity index (χ4v) is 7.73. The molecule has 294 valence electrons.